The number of ether oxygens (including phenoxy) is 1. The van der Waals surface area contributed by atoms with Crippen molar-refractivity contribution in [2.75, 3.05) is 13.1 Å². The van der Waals surface area contributed by atoms with Crippen molar-refractivity contribution >= 4 is 16.6 Å². The third kappa shape index (κ3) is 3.67. The van der Waals surface area contributed by atoms with Gasteiger partial charge in [-0.05, 0) is 23.6 Å². The predicted octanol–water partition coefficient (Wildman–Crippen LogP) is 2.81. The third-order valence-corrected chi connectivity index (χ3v) is 5.32. The first-order valence-corrected chi connectivity index (χ1v) is 9.88. The van der Waals surface area contributed by atoms with Crippen molar-refractivity contribution in [3.05, 3.63) is 72.6 Å². The van der Waals surface area contributed by atoms with Crippen molar-refractivity contribution in [1.82, 2.24) is 24.8 Å². The summed E-state index contributed by atoms with van der Waals surface area (Å²) >= 11 is 0. The topological polar surface area (TPSA) is 81.9 Å². The Morgan fingerprint density at radius 1 is 1.13 bits per heavy atom. The van der Waals surface area contributed by atoms with Crippen LogP contribution in [0.4, 0.5) is 0 Å². The molecule has 1 aliphatic heterocycles. The Kier molecular flexibility index (Phi) is 4.72. The molecule has 0 aliphatic carbocycles. The van der Waals surface area contributed by atoms with Gasteiger partial charge in [0.25, 0.3) is 0 Å². The number of hydrogen-bond acceptors (Lipinski definition) is 6. The number of ketones is 1. The third-order valence-electron chi connectivity index (χ3n) is 5.32. The number of aryl methyl sites for hydroxylation is 1. The number of carbonyl (C=O) groups excluding carboxylic acids is 1. The summed E-state index contributed by atoms with van der Waals surface area (Å²) in [5.74, 6) is 0.475. The van der Waals surface area contributed by atoms with E-state index in [4.69, 9.17) is 4.74 Å². The number of rotatable bonds is 6. The lowest BCUT2D eigenvalue weighted by atomic mass is 10.0. The van der Waals surface area contributed by atoms with Crippen molar-refractivity contribution in [2.45, 2.75) is 12.5 Å². The number of nitrogens with zero attached hydrogens (tertiary/aromatic N) is 4. The summed E-state index contributed by atoms with van der Waals surface area (Å²) in [4.78, 5) is 25.7. The number of hydrogen-bond donors (Lipinski definition) is 1. The van der Waals surface area contributed by atoms with E-state index < -0.39 is 0 Å². The normalized spacial score (nSPS) is 13.9. The molecule has 0 atom stereocenters. The minimum absolute atomic E-state index is 0.0105. The number of imidazole rings is 1. The summed E-state index contributed by atoms with van der Waals surface area (Å²) in [5, 5.41) is 5.23. The molecule has 0 spiro atoms. The van der Waals surface area contributed by atoms with Crippen LogP contribution in [-0.2, 0) is 13.5 Å². The molecule has 150 valence electrons. The zero-order valence-electron chi connectivity index (χ0n) is 16.6. The molecule has 1 aliphatic rings. The number of fused-ring (bicyclic) bond motifs is 1. The molecule has 0 amide bonds. The van der Waals surface area contributed by atoms with Crippen molar-refractivity contribution in [1.29, 1.82) is 0 Å². The lowest BCUT2D eigenvalue weighted by molar-refractivity contribution is 0.0989. The fraction of sp³-hybridized carbons (Fsp3) is 0.217. The molecule has 3 aromatic heterocycles. The Labute approximate surface area is 173 Å². The second kappa shape index (κ2) is 7.68. The molecule has 0 saturated carbocycles. The van der Waals surface area contributed by atoms with Gasteiger partial charge in [-0.15, -0.1) is 0 Å². The number of benzene rings is 1. The van der Waals surface area contributed by atoms with Gasteiger partial charge < -0.3 is 14.6 Å². The van der Waals surface area contributed by atoms with Gasteiger partial charge in [-0.3, -0.25) is 9.78 Å². The van der Waals surface area contributed by atoms with Crippen LogP contribution in [0.3, 0.4) is 0 Å². The Morgan fingerprint density at radius 2 is 2.03 bits per heavy atom. The van der Waals surface area contributed by atoms with E-state index in [1.165, 1.54) is 0 Å². The van der Waals surface area contributed by atoms with Gasteiger partial charge in [0.15, 0.2) is 5.78 Å². The maximum absolute atomic E-state index is 12.8. The van der Waals surface area contributed by atoms with E-state index in [0.29, 0.717) is 11.4 Å². The van der Waals surface area contributed by atoms with Crippen LogP contribution in [0.1, 0.15) is 16.1 Å². The zero-order valence-corrected chi connectivity index (χ0v) is 16.6. The van der Waals surface area contributed by atoms with Crippen molar-refractivity contribution in [2.24, 2.45) is 7.05 Å². The summed E-state index contributed by atoms with van der Waals surface area (Å²) < 4.78 is 7.74. The molecule has 0 bridgehead atoms. The Morgan fingerprint density at radius 3 is 2.80 bits per heavy atom. The van der Waals surface area contributed by atoms with E-state index in [1.807, 2.05) is 36.1 Å². The Balaban J connectivity index is 1.37. The van der Waals surface area contributed by atoms with Gasteiger partial charge >= 0.3 is 0 Å². The number of pyridine rings is 2. The molecule has 7 heteroatoms. The van der Waals surface area contributed by atoms with Crippen LogP contribution in [0.25, 0.3) is 22.0 Å². The lowest BCUT2D eigenvalue weighted by Crippen LogP contribution is -2.50. The van der Waals surface area contributed by atoms with Gasteiger partial charge in [0, 0.05) is 60.8 Å². The molecular weight excluding hydrogens is 378 g/mol. The average molecular weight is 399 g/mol. The molecule has 1 fully saturated rings. The summed E-state index contributed by atoms with van der Waals surface area (Å²) in [6.45, 7) is 1.61. The first kappa shape index (κ1) is 18.4. The summed E-state index contributed by atoms with van der Waals surface area (Å²) in [7, 11) is 1.97. The first-order valence-electron chi connectivity index (χ1n) is 9.88. The summed E-state index contributed by atoms with van der Waals surface area (Å²) in [5.41, 5.74) is 3.43. The Hall–Kier alpha value is -3.58. The van der Waals surface area contributed by atoms with E-state index in [9.17, 15) is 4.79 Å². The van der Waals surface area contributed by atoms with Gasteiger partial charge in [0.05, 0.1) is 24.6 Å². The van der Waals surface area contributed by atoms with E-state index in [2.05, 4.69) is 32.4 Å². The smallest absolute Gasteiger partial charge is 0.214 e. The molecule has 0 unspecified atom stereocenters. The molecule has 1 aromatic carbocycles. The number of Topliss-reactive ketones (excluding diaryl/α,β-unsaturated/α-hetero) is 1. The predicted molar refractivity (Wildman–Crippen MR) is 114 cm³/mol. The van der Waals surface area contributed by atoms with Crippen LogP contribution in [0.15, 0.2) is 61.3 Å². The number of aromatic nitrogens is 4. The molecule has 0 radical (unpaired) electrons. The Bertz CT molecular complexity index is 1230. The van der Waals surface area contributed by atoms with Crippen LogP contribution in [0.5, 0.6) is 5.88 Å². The average Bonchev–Trinajstić information content (AvgIpc) is 3.16. The SMILES string of the molecule is Cn1cncc1-c1ccc2cnc(CC(=O)c3ccnc(OC4CNC4)c3)cc2c1. The highest BCUT2D eigenvalue weighted by Crippen LogP contribution is 2.24. The largest absolute Gasteiger partial charge is 0.472 e. The number of nitrogens with one attached hydrogen (secondary N) is 1. The molecular formula is C23H21N5O2. The second-order valence-corrected chi connectivity index (χ2v) is 7.51. The second-order valence-electron chi connectivity index (χ2n) is 7.51. The highest BCUT2D eigenvalue weighted by atomic mass is 16.5. The number of carbonyl (C=O) groups is 1. The van der Waals surface area contributed by atoms with Gasteiger partial charge in [-0.1, -0.05) is 12.1 Å². The van der Waals surface area contributed by atoms with Crippen molar-refractivity contribution in [3.63, 3.8) is 0 Å². The quantitative estimate of drug-likeness (QED) is 0.502. The van der Waals surface area contributed by atoms with E-state index in [0.717, 1.165) is 40.8 Å². The fourth-order valence-corrected chi connectivity index (χ4v) is 3.51. The first-order chi connectivity index (χ1) is 14.7. The van der Waals surface area contributed by atoms with Crippen LogP contribution in [0, 0.1) is 0 Å². The van der Waals surface area contributed by atoms with E-state index >= 15 is 0 Å². The van der Waals surface area contributed by atoms with E-state index in [1.54, 1.807) is 24.7 Å². The van der Waals surface area contributed by atoms with Gasteiger partial charge in [-0.25, -0.2) is 9.97 Å². The maximum Gasteiger partial charge on any atom is 0.214 e. The molecule has 7 nitrogen and oxygen atoms in total. The minimum Gasteiger partial charge on any atom is -0.472 e. The zero-order chi connectivity index (χ0) is 20.5. The highest BCUT2D eigenvalue weighted by molar-refractivity contribution is 5.98. The summed E-state index contributed by atoms with van der Waals surface area (Å²) in [6.07, 6.45) is 7.40. The molecule has 1 N–H and O–H groups in total. The lowest BCUT2D eigenvalue weighted by Gasteiger charge is -2.27. The molecule has 30 heavy (non-hydrogen) atoms. The monoisotopic (exact) mass is 399 g/mol. The molecule has 1 saturated heterocycles. The molecule has 4 aromatic rings. The fourth-order valence-electron chi connectivity index (χ4n) is 3.51. The van der Waals surface area contributed by atoms with E-state index in [-0.39, 0.29) is 18.3 Å². The van der Waals surface area contributed by atoms with Gasteiger partial charge in [0.1, 0.15) is 6.10 Å². The molecule has 4 heterocycles. The highest BCUT2D eigenvalue weighted by Gasteiger charge is 2.19. The van der Waals surface area contributed by atoms with Crippen LogP contribution >= 0.6 is 0 Å². The summed E-state index contributed by atoms with van der Waals surface area (Å²) in [6, 6.07) is 11.6. The van der Waals surface area contributed by atoms with Gasteiger partial charge in [-0.2, -0.15) is 0 Å². The van der Waals surface area contributed by atoms with Crippen LogP contribution < -0.4 is 10.1 Å². The van der Waals surface area contributed by atoms with Crippen molar-refractivity contribution in [3.8, 4) is 17.1 Å². The molecule has 5 rings (SSSR count). The minimum atomic E-state index is -0.0105. The van der Waals surface area contributed by atoms with Gasteiger partial charge in [0.2, 0.25) is 5.88 Å². The van der Waals surface area contributed by atoms with Crippen LogP contribution in [0.2, 0.25) is 0 Å². The standard InChI is InChI=1S/C23H21N5O2/c1-28-14-25-13-21(28)15-2-3-17-10-27-19(7-18(17)6-15)9-22(29)16-4-5-26-23(8-16)30-20-11-24-12-20/h2-8,10,13-14,20,24H,9,11-12H2,1H3. The van der Waals surface area contributed by atoms with Crippen LogP contribution in [-0.4, -0.2) is 44.5 Å². The van der Waals surface area contributed by atoms with Crippen molar-refractivity contribution < 1.29 is 9.53 Å². The maximum atomic E-state index is 12.8.